The molecule has 1 aliphatic heterocycles. The molecule has 43 heavy (non-hydrogen) atoms. The summed E-state index contributed by atoms with van der Waals surface area (Å²) in [6, 6.07) is 11.8. The lowest BCUT2D eigenvalue weighted by atomic mass is 9.82. The number of ketones is 1. The van der Waals surface area contributed by atoms with Gasteiger partial charge in [0.15, 0.2) is 5.78 Å². The first-order valence-corrected chi connectivity index (χ1v) is 16.6. The number of carbonyl (C=O) groups is 1. The largest absolute Gasteiger partial charge is 0.493 e. The number of benzene rings is 2. The van der Waals surface area contributed by atoms with Crippen molar-refractivity contribution in [2.75, 3.05) is 13.7 Å². The maximum Gasteiger partial charge on any atom is 0.216 e. The minimum absolute atomic E-state index is 0.0984. The number of aromatic amines is 1. The van der Waals surface area contributed by atoms with Crippen LogP contribution in [0.15, 0.2) is 48.7 Å². The molecule has 0 bridgehead atoms. The highest BCUT2D eigenvalue weighted by atomic mass is 35.5. The van der Waals surface area contributed by atoms with Crippen LogP contribution < -0.4 is 9.47 Å². The summed E-state index contributed by atoms with van der Waals surface area (Å²) < 4.78 is 11.3. The van der Waals surface area contributed by atoms with Gasteiger partial charge in [-0.3, -0.25) is 4.79 Å². The number of nitrogens with one attached hydrogen (secondary N) is 1. The molecule has 2 atom stereocenters. The van der Waals surface area contributed by atoms with Crippen molar-refractivity contribution in [3.05, 3.63) is 70.4 Å². The van der Waals surface area contributed by atoms with Gasteiger partial charge < -0.3 is 9.47 Å². The third-order valence-corrected chi connectivity index (χ3v) is 7.65. The number of fused-ring (bicyclic) bond motifs is 1. The van der Waals surface area contributed by atoms with Crippen LogP contribution >= 0.6 is 11.6 Å². The Morgan fingerprint density at radius 3 is 2.35 bits per heavy atom. The summed E-state index contributed by atoms with van der Waals surface area (Å²) in [7, 11) is 1.62. The summed E-state index contributed by atoms with van der Waals surface area (Å²) >= 11 is 6.17. The average molecular weight is 611 g/mol. The number of hydrogen-bond acceptors (Lipinski definition) is 4. The smallest absolute Gasteiger partial charge is 0.216 e. The Bertz CT molecular complexity index is 1260. The van der Waals surface area contributed by atoms with Gasteiger partial charge in [0.1, 0.15) is 5.75 Å². The van der Waals surface area contributed by atoms with E-state index in [0.717, 1.165) is 45.6 Å². The summed E-state index contributed by atoms with van der Waals surface area (Å²) in [5.74, 6) is 1.56. The molecule has 6 heteroatoms. The zero-order valence-electron chi connectivity index (χ0n) is 28.3. The summed E-state index contributed by atoms with van der Waals surface area (Å²) in [5, 5.41) is 7.64. The van der Waals surface area contributed by atoms with Crippen LogP contribution in [0.4, 0.5) is 0 Å². The molecule has 1 N–H and O–H groups in total. The molecular formula is C37H55ClN2O3. The Morgan fingerprint density at radius 2 is 1.77 bits per heavy atom. The Kier molecular flexibility index (Phi) is 18.4. The van der Waals surface area contributed by atoms with Crippen molar-refractivity contribution < 1.29 is 14.3 Å². The van der Waals surface area contributed by atoms with Crippen LogP contribution in [0.2, 0.25) is 5.02 Å². The molecule has 0 radical (unpaired) electrons. The van der Waals surface area contributed by atoms with E-state index in [1.165, 1.54) is 25.7 Å². The Hall–Kier alpha value is -3.05. The minimum Gasteiger partial charge on any atom is -0.493 e. The van der Waals surface area contributed by atoms with E-state index < -0.39 is 0 Å². The highest BCUT2D eigenvalue weighted by Crippen LogP contribution is 2.37. The fourth-order valence-corrected chi connectivity index (χ4v) is 5.12. The van der Waals surface area contributed by atoms with E-state index in [0.29, 0.717) is 23.9 Å². The van der Waals surface area contributed by atoms with Gasteiger partial charge in [0.05, 0.1) is 31.4 Å². The third kappa shape index (κ3) is 10.6. The molecule has 238 valence electrons. The molecule has 1 aliphatic rings. The van der Waals surface area contributed by atoms with Gasteiger partial charge in [-0.15, -0.1) is 0 Å². The SMILES string of the molecule is C/C=C(/C(=O)C1COc2ccc(Cl)cc2C1)c1ccc(-c2cn[nH]c2OC)cc1C(C)CC.CC.CC.CCCCCC. The zero-order valence-corrected chi connectivity index (χ0v) is 29.0. The van der Waals surface area contributed by atoms with E-state index in [1.54, 1.807) is 13.3 Å². The molecular weight excluding hydrogens is 556 g/mol. The van der Waals surface area contributed by atoms with E-state index in [-0.39, 0.29) is 17.6 Å². The molecule has 0 saturated heterocycles. The number of Topliss-reactive ketones (excluding diaryl/α,β-unsaturated/α-hetero) is 1. The number of rotatable bonds is 10. The second-order valence-corrected chi connectivity index (χ2v) is 10.6. The van der Waals surface area contributed by atoms with Crippen LogP contribution in [-0.4, -0.2) is 29.7 Å². The normalized spacial score (nSPS) is 14.3. The maximum absolute atomic E-state index is 13.7. The van der Waals surface area contributed by atoms with Gasteiger partial charge in [0.2, 0.25) is 5.88 Å². The van der Waals surface area contributed by atoms with Crippen LogP contribution in [0, 0.1) is 5.92 Å². The molecule has 0 aliphatic carbocycles. The number of unbranched alkanes of at least 4 members (excludes halogenated alkanes) is 3. The summed E-state index contributed by atoms with van der Waals surface area (Å²) in [6.07, 6.45) is 10.8. The Labute approximate surface area is 266 Å². The number of ether oxygens (including phenoxy) is 2. The van der Waals surface area contributed by atoms with E-state index in [9.17, 15) is 4.79 Å². The van der Waals surface area contributed by atoms with Crippen LogP contribution in [0.3, 0.4) is 0 Å². The highest BCUT2D eigenvalue weighted by Gasteiger charge is 2.30. The van der Waals surface area contributed by atoms with Crippen molar-refractivity contribution in [1.29, 1.82) is 0 Å². The quantitative estimate of drug-likeness (QED) is 0.183. The lowest BCUT2D eigenvalue weighted by molar-refractivity contribution is -0.118. The molecule has 0 spiro atoms. The van der Waals surface area contributed by atoms with E-state index in [1.807, 2.05) is 71.0 Å². The van der Waals surface area contributed by atoms with Gasteiger partial charge in [-0.05, 0) is 66.1 Å². The third-order valence-electron chi connectivity index (χ3n) is 7.42. The molecule has 0 amide bonds. The fraction of sp³-hybridized carbons (Fsp3) is 0.514. The van der Waals surface area contributed by atoms with Crippen molar-refractivity contribution in [2.24, 2.45) is 5.92 Å². The summed E-state index contributed by atoms with van der Waals surface area (Å²) in [6.45, 7) is 19.1. The molecule has 0 fully saturated rings. The number of carbonyl (C=O) groups excluding carboxylic acids is 1. The van der Waals surface area contributed by atoms with Crippen molar-refractivity contribution in [3.8, 4) is 22.8 Å². The molecule has 2 unspecified atom stereocenters. The monoisotopic (exact) mass is 610 g/mol. The van der Waals surface area contributed by atoms with Crippen molar-refractivity contribution in [3.63, 3.8) is 0 Å². The first kappa shape index (κ1) is 38.0. The fourth-order valence-electron chi connectivity index (χ4n) is 4.92. The number of methoxy groups -OCH3 is 1. The van der Waals surface area contributed by atoms with Crippen LogP contribution in [0.1, 0.15) is 117 Å². The number of hydrogen-bond donors (Lipinski definition) is 1. The number of nitrogens with zero attached hydrogens (tertiary/aromatic N) is 1. The standard InChI is InChI=1S/C27H29ClN2O3.C6H14.2C2H6/c1-5-16(3)23-13-17(24-14-29-30-27(24)32-4)7-9-22(23)21(6-2)26(31)19-11-18-12-20(28)8-10-25(18)33-15-19;1-3-5-6-4-2;2*1-2/h6-10,12-14,16,19H,5,11,15H2,1-4H3,(H,29,30);3-6H2,1-2H3;2*1-2H3/b21-6+;;;. The Balaban J connectivity index is 0.000000814. The van der Waals surface area contributed by atoms with Crippen molar-refractivity contribution >= 4 is 23.0 Å². The predicted octanol–water partition coefficient (Wildman–Crippen LogP) is 11.1. The Morgan fingerprint density at radius 1 is 1.09 bits per heavy atom. The number of halogens is 1. The molecule has 1 aromatic heterocycles. The van der Waals surface area contributed by atoms with Gasteiger partial charge in [-0.1, -0.05) is 117 Å². The van der Waals surface area contributed by atoms with Gasteiger partial charge in [0.25, 0.3) is 0 Å². The maximum atomic E-state index is 13.7. The van der Waals surface area contributed by atoms with E-state index in [4.69, 9.17) is 21.1 Å². The van der Waals surface area contributed by atoms with E-state index in [2.05, 4.69) is 44.0 Å². The zero-order chi connectivity index (χ0) is 32.4. The van der Waals surface area contributed by atoms with Gasteiger partial charge in [0, 0.05) is 10.6 Å². The van der Waals surface area contributed by atoms with Crippen LogP contribution in [0.5, 0.6) is 11.6 Å². The molecule has 3 aromatic rings. The second-order valence-electron chi connectivity index (χ2n) is 10.2. The van der Waals surface area contributed by atoms with Gasteiger partial charge >= 0.3 is 0 Å². The lowest BCUT2D eigenvalue weighted by Crippen LogP contribution is -2.29. The van der Waals surface area contributed by atoms with Gasteiger partial charge in [-0.25, -0.2) is 5.10 Å². The lowest BCUT2D eigenvalue weighted by Gasteiger charge is -2.26. The number of allylic oxidation sites excluding steroid dienone is 2. The highest BCUT2D eigenvalue weighted by molar-refractivity contribution is 6.30. The molecule has 2 heterocycles. The van der Waals surface area contributed by atoms with Crippen LogP contribution in [0.25, 0.3) is 16.7 Å². The van der Waals surface area contributed by atoms with Crippen LogP contribution in [-0.2, 0) is 11.2 Å². The molecule has 2 aromatic carbocycles. The van der Waals surface area contributed by atoms with Crippen molar-refractivity contribution in [2.45, 2.75) is 107 Å². The first-order valence-electron chi connectivity index (χ1n) is 16.2. The minimum atomic E-state index is -0.249. The number of aromatic nitrogens is 2. The summed E-state index contributed by atoms with van der Waals surface area (Å²) in [4.78, 5) is 13.7. The van der Waals surface area contributed by atoms with Crippen molar-refractivity contribution in [1.82, 2.24) is 10.2 Å². The molecule has 5 nitrogen and oxygen atoms in total. The number of H-pyrrole nitrogens is 1. The van der Waals surface area contributed by atoms with E-state index >= 15 is 0 Å². The van der Waals surface area contributed by atoms with Gasteiger partial charge in [-0.2, -0.15) is 5.10 Å². The first-order chi connectivity index (χ1) is 20.9. The topological polar surface area (TPSA) is 64.2 Å². The average Bonchev–Trinajstić information content (AvgIpc) is 3.54. The molecule has 4 rings (SSSR count). The summed E-state index contributed by atoms with van der Waals surface area (Å²) in [5.41, 5.74) is 5.73. The predicted molar refractivity (Wildman–Crippen MR) is 185 cm³/mol. The molecule has 0 saturated carbocycles. The second kappa shape index (κ2) is 20.8.